The Morgan fingerprint density at radius 2 is 2.06 bits per heavy atom. The Hall–Kier alpha value is -0.610. The number of rotatable bonds is 3. The third-order valence-electron chi connectivity index (χ3n) is 3.90. The first-order chi connectivity index (χ1) is 8.11. The zero-order valence-corrected chi connectivity index (χ0v) is 10.7. The summed E-state index contributed by atoms with van der Waals surface area (Å²) in [4.78, 5) is 13.8. The maximum absolute atomic E-state index is 12.1. The molecule has 1 amide bonds. The Bertz CT molecular complexity index is 268. The number of hydrogen-bond donors (Lipinski definition) is 1. The van der Waals surface area contributed by atoms with Crippen LogP contribution in [-0.2, 0) is 9.53 Å². The topological polar surface area (TPSA) is 49.8 Å². The number of carbonyl (C=O) groups excluding carboxylic acids is 1. The number of ether oxygens (including phenoxy) is 1. The van der Waals surface area contributed by atoms with Gasteiger partial charge in [0.05, 0.1) is 5.60 Å². The maximum Gasteiger partial charge on any atom is 0.251 e. The van der Waals surface area contributed by atoms with E-state index in [9.17, 15) is 9.90 Å². The molecule has 1 saturated heterocycles. The van der Waals surface area contributed by atoms with Crippen LogP contribution >= 0.6 is 0 Å². The highest BCUT2D eigenvalue weighted by atomic mass is 16.5. The van der Waals surface area contributed by atoms with Crippen LogP contribution in [-0.4, -0.2) is 47.8 Å². The zero-order chi connectivity index (χ0) is 12.3. The lowest BCUT2D eigenvalue weighted by molar-refractivity contribution is -0.148. The molecule has 1 N–H and O–H groups in total. The number of nitrogens with zero attached hydrogens (tertiary/aromatic N) is 1. The second-order valence-electron chi connectivity index (χ2n) is 5.48. The third-order valence-corrected chi connectivity index (χ3v) is 3.90. The molecule has 0 bridgehead atoms. The van der Waals surface area contributed by atoms with Gasteiger partial charge in [-0.2, -0.15) is 0 Å². The number of likely N-dealkylation sites (N-methyl/N-ethyl adjacent to an activating group) is 1. The monoisotopic (exact) mass is 241 g/mol. The number of amides is 1. The fraction of sp³-hybridized carbons (Fsp3) is 0.923. The summed E-state index contributed by atoms with van der Waals surface area (Å²) in [7, 11) is 1.77. The van der Waals surface area contributed by atoms with Crippen molar-refractivity contribution in [2.24, 2.45) is 0 Å². The predicted molar refractivity (Wildman–Crippen MR) is 64.6 cm³/mol. The van der Waals surface area contributed by atoms with Gasteiger partial charge in [-0.25, -0.2) is 0 Å². The summed E-state index contributed by atoms with van der Waals surface area (Å²) in [5.41, 5.74) is -0.654. The molecule has 1 heterocycles. The van der Waals surface area contributed by atoms with Crippen molar-refractivity contribution >= 4 is 5.91 Å². The Labute approximate surface area is 103 Å². The summed E-state index contributed by atoms with van der Waals surface area (Å²) < 4.78 is 5.49. The highest BCUT2D eigenvalue weighted by Crippen LogP contribution is 2.30. The summed E-state index contributed by atoms with van der Waals surface area (Å²) in [6.45, 7) is 1.14. The molecule has 4 nitrogen and oxygen atoms in total. The molecule has 2 rings (SSSR count). The normalized spacial score (nSPS) is 28.0. The molecule has 1 aliphatic carbocycles. The van der Waals surface area contributed by atoms with E-state index in [2.05, 4.69) is 0 Å². The largest absolute Gasteiger partial charge is 0.388 e. The molecule has 17 heavy (non-hydrogen) atoms. The smallest absolute Gasteiger partial charge is 0.251 e. The highest BCUT2D eigenvalue weighted by molar-refractivity contribution is 5.80. The van der Waals surface area contributed by atoms with Crippen molar-refractivity contribution in [3.05, 3.63) is 0 Å². The molecule has 0 aromatic carbocycles. The molecule has 0 aromatic rings. The Morgan fingerprint density at radius 1 is 1.35 bits per heavy atom. The van der Waals surface area contributed by atoms with E-state index in [0.29, 0.717) is 13.2 Å². The van der Waals surface area contributed by atoms with Gasteiger partial charge in [0, 0.05) is 20.2 Å². The van der Waals surface area contributed by atoms with Crippen LogP contribution in [0.15, 0.2) is 0 Å². The van der Waals surface area contributed by atoms with Crippen LogP contribution in [0.1, 0.15) is 44.9 Å². The van der Waals surface area contributed by atoms with E-state index in [4.69, 9.17) is 4.74 Å². The van der Waals surface area contributed by atoms with E-state index in [0.717, 1.165) is 44.9 Å². The molecular weight excluding hydrogens is 218 g/mol. The molecular formula is C13H23NO3. The second-order valence-corrected chi connectivity index (χ2v) is 5.48. The van der Waals surface area contributed by atoms with Crippen LogP contribution in [0.25, 0.3) is 0 Å². The van der Waals surface area contributed by atoms with E-state index in [1.165, 1.54) is 0 Å². The van der Waals surface area contributed by atoms with E-state index in [-0.39, 0.29) is 12.0 Å². The van der Waals surface area contributed by atoms with Crippen molar-refractivity contribution in [3.63, 3.8) is 0 Å². The summed E-state index contributed by atoms with van der Waals surface area (Å²) >= 11 is 0. The van der Waals surface area contributed by atoms with Gasteiger partial charge in [0.15, 0.2) is 0 Å². The van der Waals surface area contributed by atoms with Crippen molar-refractivity contribution in [1.82, 2.24) is 4.90 Å². The number of hydrogen-bond acceptors (Lipinski definition) is 3. The summed E-state index contributed by atoms with van der Waals surface area (Å²) in [5.74, 6) is 0.0324. The average molecular weight is 241 g/mol. The van der Waals surface area contributed by atoms with E-state index in [1.807, 2.05) is 0 Å². The van der Waals surface area contributed by atoms with Gasteiger partial charge < -0.3 is 14.7 Å². The van der Waals surface area contributed by atoms with Gasteiger partial charge >= 0.3 is 0 Å². The van der Waals surface area contributed by atoms with Gasteiger partial charge in [0.1, 0.15) is 6.10 Å². The fourth-order valence-corrected chi connectivity index (χ4v) is 2.89. The third kappa shape index (κ3) is 3.19. The van der Waals surface area contributed by atoms with Crippen molar-refractivity contribution in [2.75, 3.05) is 20.2 Å². The minimum absolute atomic E-state index is 0.0324. The van der Waals surface area contributed by atoms with Crippen molar-refractivity contribution in [3.8, 4) is 0 Å². The molecule has 1 saturated carbocycles. The Kier molecular flexibility index (Phi) is 4.05. The lowest BCUT2D eigenvalue weighted by Gasteiger charge is -2.32. The van der Waals surface area contributed by atoms with Crippen LogP contribution in [0.5, 0.6) is 0 Å². The van der Waals surface area contributed by atoms with Gasteiger partial charge in [-0.1, -0.05) is 12.8 Å². The first-order valence-electron chi connectivity index (χ1n) is 6.70. The quantitative estimate of drug-likeness (QED) is 0.810. The molecule has 2 fully saturated rings. The van der Waals surface area contributed by atoms with Crippen LogP contribution < -0.4 is 0 Å². The van der Waals surface area contributed by atoms with Gasteiger partial charge in [-0.05, 0) is 32.1 Å². The van der Waals surface area contributed by atoms with E-state index < -0.39 is 5.60 Å². The molecule has 1 aliphatic heterocycles. The second kappa shape index (κ2) is 5.36. The summed E-state index contributed by atoms with van der Waals surface area (Å²) in [6, 6.07) is 0. The summed E-state index contributed by atoms with van der Waals surface area (Å²) in [6.07, 6.45) is 6.43. The van der Waals surface area contributed by atoms with Crippen LogP contribution in [0.4, 0.5) is 0 Å². The standard InChI is InChI=1S/C13H23NO3/c1-14(10-13(16)7-3-4-8-13)12(15)11-6-2-5-9-17-11/h11,16H,2-10H2,1H3. The van der Waals surface area contributed by atoms with E-state index in [1.54, 1.807) is 11.9 Å². The SMILES string of the molecule is CN(CC1(O)CCCC1)C(=O)C1CCCCO1. The molecule has 0 spiro atoms. The van der Waals surface area contributed by atoms with Gasteiger partial charge in [0.2, 0.25) is 0 Å². The molecule has 98 valence electrons. The van der Waals surface area contributed by atoms with Gasteiger partial charge in [-0.15, -0.1) is 0 Å². The maximum atomic E-state index is 12.1. The molecule has 0 aromatic heterocycles. The van der Waals surface area contributed by atoms with Crippen LogP contribution in [0.2, 0.25) is 0 Å². The molecule has 1 unspecified atom stereocenters. The molecule has 0 radical (unpaired) electrons. The highest BCUT2D eigenvalue weighted by Gasteiger charge is 2.35. The van der Waals surface area contributed by atoms with Crippen molar-refractivity contribution < 1.29 is 14.6 Å². The zero-order valence-electron chi connectivity index (χ0n) is 10.7. The summed E-state index contributed by atoms with van der Waals surface area (Å²) in [5, 5.41) is 10.3. The number of aliphatic hydroxyl groups is 1. The Balaban J connectivity index is 1.85. The van der Waals surface area contributed by atoms with Gasteiger partial charge in [0.25, 0.3) is 5.91 Å². The fourth-order valence-electron chi connectivity index (χ4n) is 2.89. The first kappa shape index (κ1) is 12.8. The van der Waals surface area contributed by atoms with Crippen molar-refractivity contribution in [1.29, 1.82) is 0 Å². The van der Waals surface area contributed by atoms with Crippen LogP contribution in [0, 0.1) is 0 Å². The predicted octanol–water partition coefficient (Wildman–Crippen LogP) is 1.32. The minimum Gasteiger partial charge on any atom is -0.388 e. The minimum atomic E-state index is -0.654. The van der Waals surface area contributed by atoms with Crippen molar-refractivity contribution in [2.45, 2.75) is 56.7 Å². The molecule has 4 heteroatoms. The van der Waals surface area contributed by atoms with E-state index >= 15 is 0 Å². The number of carbonyl (C=O) groups is 1. The molecule has 2 aliphatic rings. The average Bonchev–Trinajstić information content (AvgIpc) is 2.76. The van der Waals surface area contributed by atoms with Gasteiger partial charge in [-0.3, -0.25) is 4.79 Å². The van der Waals surface area contributed by atoms with Crippen LogP contribution in [0.3, 0.4) is 0 Å². The lowest BCUT2D eigenvalue weighted by atomic mass is 10.0. The lowest BCUT2D eigenvalue weighted by Crippen LogP contribution is -2.47. The Morgan fingerprint density at radius 3 is 2.65 bits per heavy atom. The molecule has 1 atom stereocenters. The first-order valence-corrected chi connectivity index (χ1v) is 6.70.